The number of ether oxygens (including phenoxy) is 1. The van der Waals surface area contributed by atoms with E-state index >= 15 is 0 Å². The third-order valence-corrected chi connectivity index (χ3v) is 2.74. The Balaban J connectivity index is 2.11. The predicted octanol–water partition coefficient (Wildman–Crippen LogP) is 0.255. The number of amides is 1. The topological polar surface area (TPSA) is 29.5 Å². The molecule has 2 aliphatic rings. The molecule has 3 nitrogen and oxygen atoms in total. The van der Waals surface area contributed by atoms with Gasteiger partial charge in [0.05, 0.1) is 18.6 Å². The average molecular weight is 155 g/mol. The van der Waals surface area contributed by atoms with Gasteiger partial charge in [0.25, 0.3) is 0 Å². The molecule has 0 aliphatic carbocycles. The van der Waals surface area contributed by atoms with Crippen LogP contribution in [-0.2, 0) is 9.53 Å². The molecule has 0 atom stereocenters. The minimum Gasteiger partial charge on any atom is -0.379 e. The van der Waals surface area contributed by atoms with Crippen molar-refractivity contribution in [2.24, 2.45) is 5.41 Å². The monoisotopic (exact) mass is 155 g/mol. The van der Waals surface area contributed by atoms with Crippen molar-refractivity contribution >= 4 is 5.91 Å². The molecule has 3 heteroatoms. The first-order valence-corrected chi connectivity index (χ1v) is 4.16. The largest absolute Gasteiger partial charge is 0.379 e. The maximum absolute atomic E-state index is 11.6. The van der Waals surface area contributed by atoms with Crippen LogP contribution in [0.2, 0.25) is 0 Å². The number of carbonyl (C=O) groups excluding carboxylic acids is 1. The fourth-order valence-corrected chi connectivity index (χ4v) is 1.81. The van der Waals surface area contributed by atoms with Crippen molar-refractivity contribution in [2.45, 2.75) is 13.3 Å². The molecule has 62 valence electrons. The van der Waals surface area contributed by atoms with Crippen LogP contribution in [0.5, 0.6) is 0 Å². The normalized spacial score (nSPS) is 27.7. The summed E-state index contributed by atoms with van der Waals surface area (Å²) in [5.41, 5.74) is -0.0873. The molecule has 2 aliphatic heterocycles. The molecule has 0 aromatic rings. The van der Waals surface area contributed by atoms with Gasteiger partial charge in [-0.2, -0.15) is 0 Å². The molecule has 0 saturated carbocycles. The molecule has 0 bridgehead atoms. The second kappa shape index (κ2) is 2.21. The van der Waals surface area contributed by atoms with Crippen LogP contribution in [0.4, 0.5) is 0 Å². The summed E-state index contributed by atoms with van der Waals surface area (Å²) in [5, 5.41) is 0. The fourth-order valence-electron chi connectivity index (χ4n) is 1.81. The Hall–Kier alpha value is -0.570. The minimum atomic E-state index is -0.0873. The lowest BCUT2D eigenvalue weighted by Crippen LogP contribution is -2.48. The van der Waals surface area contributed by atoms with Crippen LogP contribution >= 0.6 is 0 Å². The molecule has 0 N–H and O–H groups in total. The quantitative estimate of drug-likeness (QED) is 0.543. The van der Waals surface area contributed by atoms with Crippen LogP contribution < -0.4 is 0 Å². The number of likely N-dealkylation sites (tertiary alicyclic amines) is 1. The molecule has 2 saturated heterocycles. The molecule has 0 aromatic heterocycles. The van der Waals surface area contributed by atoms with Gasteiger partial charge in [-0.1, -0.05) is 0 Å². The highest BCUT2D eigenvalue weighted by molar-refractivity contribution is 5.85. The zero-order chi connectivity index (χ0) is 7.90. The van der Waals surface area contributed by atoms with E-state index in [1.165, 1.54) is 0 Å². The third-order valence-electron chi connectivity index (χ3n) is 2.74. The fraction of sp³-hybridized carbons (Fsp3) is 0.875. The van der Waals surface area contributed by atoms with Gasteiger partial charge in [0, 0.05) is 13.1 Å². The second-order valence-electron chi connectivity index (χ2n) is 3.41. The summed E-state index contributed by atoms with van der Waals surface area (Å²) < 4.78 is 5.08. The van der Waals surface area contributed by atoms with Crippen LogP contribution in [0.25, 0.3) is 0 Å². The van der Waals surface area contributed by atoms with Gasteiger partial charge in [0.2, 0.25) is 5.91 Å². The van der Waals surface area contributed by atoms with E-state index in [-0.39, 0.29) is 5.41 Å². The van der Waals surface area contributed by atoms with Crippen molar-refractivity contribution in [3.8, 4) is 0 Å². The maximum Gasteiger partial charge on any atom is 0.233 e. The molecule has 1 amide bonds. The lowest BCUT2D eigenvalue weighted by Gasteiger charge is -2.35. The zero-order valence-corrected chi connectivity index (χ0v) is 6.80. The number of nitrogens with zero attached hydrogens (tertiary/aromatic N) is 1. The van der Waals surface area contributed by atoms with E-state index in [4.69, 9.17) is 4.74 Å². The van der Waals surface area contributed by atoms with Gasteiger partial charge in [0.1, 0.15) is 0 Å². The molecule has 2 fully saturated rings. The Morgan fingerprint density at radius 1 is 1.64 bits per heavy atom. The van der Waals surface area contributed by atoms with Gasteiger partial charge in [-0.3, -0.25) is 4.79 Å². The highest BCUT2D eigenvalue weighted by atomic mass is 16.5. The first-order valence-electron chi connectivity index (χ1n) is 4.16. The summed E-state index contributed by atoms with van der Waals surface area (Å²) >= 11 is 0. The average Bonchev–Trinajstić information content (AvgIpc) is 2.25. The van der Waals surface area contributed by atoms with Crippen molar-refractivity contribution in [1.29, 1.82) is 0 Å². The highest BCUT2D eigenvalue weighted by Crippen LogP contribution is 2.38. The summed E-state index contributed by atoms with van der Waals surface area (Å²) in [5.74, 6) is 0.311. The standard InChI is InChI=1S/C8H13NO2/c1-2-9-4-3-8(7(9)10)5-11-6-8/h2-6H2,1H3. The summed E-state index contributed by atoms with van der Waals surface area (Å²) in [6.07, 6.45) is 1.000. The van der Waals surface area contributed by atoms with E-state index in [1.807, 2.05) is 11.8 Å². The number of rotatable bonds is 1. The van der Waals surface area contributed by atoms with Crippen LogP contribution in [0.15, 0.2) is 0 Å². The van der Waals surface area contributed by atoms with Crippen molar-refractivity contribution < 1.29 is 9.53 Å². The molecular formula is C8H13NO2. The first-order chi connectivity index (χ1) is 5.28. The Morgan fingerprint density at radius 3 is 2.64 bits per heavy atom. The van der Waals surface area contributed by atoms with E-state index < -0.39 is 0 Å². The molecule has 0 radical (unpaired) electrons. The first kappa shape index (κ1) is 7.10. The molecular weight excluding hydrogens is 142 g/mol. The Bertz CT molecular complexity index is 187. The SMILES string of the molecule is CCN1CCC2(COC2)C1=O. The number of hydrogen-bond donors (Lipinski definition) is 0. The van der Waals surface area contributed by atoms with Crippen molar-refractivity contribution in [1.82, 2.24) is 4.90 Å². The summed E-state index contributed by atoms with van der Waals surface area (Å²) in [6, 6.07) is 0. The van der Waals surface area contributed by atoms with Crippen LogP contribution in [-0.4, -0.2) is 37.1 Å². The van der Waals surface area contributed by atoms with Gasteiger partial charge in [0.15, 0.2) is 0 Å². The van der Waals surface area contributed by atoms with Crippen molar-refractivity contribution in [3.63, 3.8) is 0 Å². The highest BCUT2D eigenvalue weighted by Gasteiger charge is 2.51. The Kier molecular flexibility index (Phi) is 1.42. The lowest BCUT2D eigenvalue weighted by molar-refractivity contribution is -0.161. The lowest BCUT2D eigenvalue weighted by atomic mass is 9.84. The molecule has 11 heavy (non-hydrogen) atoms. The maximum atomic E-state index is 11.6. The zero-order valence-electron chi connectivity index (χ0n) is 6.80. The number of hydrogen-bond acceptors (Lipinski definition) is 2. The van der Waals surface area contributed by atoms with Crippen LogP contribution in [0.1, 0.15) is 13.3 Å². The number of carbonyl (C=O) groups is 1. The Labute approximate surface area is 66.3 Å². The van der Waals surface area contributed by atoms with E-state index in [1.54, 1.807) is 0 Å². The van der Waals surface area contributed by atoms with Crippen LogP contribution in [0.3, 0.4) is 0 Å². The van der Waals surface area contributed by atoms with Crippen molar-refractivity contribution in [3.05, 3.63) is 0 Å². The third kappa shape index (κ3) is 0.805. The van der Waals surface area contributed by atoms with Crippen molar-refractivity contribution in [2.75, 3.05) is 26.3 Å². The van der Waals surface area contributed by atoms with E-state index in [0.717, 1.165) is 19.5 Å². The van der Waals surface area contributed by atoms with Gasteiger partial charge >= 0.3 is 0 Å². The summed E-state index contributed by atoms with van der Waals surface area (Å²) in [4.78, 5) is 13.5. The molecule has 2 rings (SSSR count). The molecule has 0 unspecified atom stereocenters. The van der Waals surface area contributed by atoms with Gasteiger partial charge in [-0.05, 0) is 13.3 Å². The smallest absolute Gasteiger partial charge is 0.233 e. The summed E-state index contributed by atoms with van der Waals surface area (Å²) in [6.45, 7) is 5.11. The van der Waals surface area contributed by atoms with Gasteiger partial charge in [-0.25, -0.2) is 0 Å². The van der Waals surface area contributed by atoms with Gasteiger partial charge < -0.3 is 9.64 Å². The van der Waals surface area contributed by atoms with Gasteiger partial charge in [-0.15, -0.1) is 0 Å². The van der Waals surface area contributed by atoms with E-state index in [9.17, 15) is 4.79 Å². The molecule has 0 aromatic carbocycles. The van der Waals surface area contributed by atoms with E-state index in [0.29, 0.717) is 19.1 Å². The van der Waals surface area contributed by atoms with E-state index in [2.05, 4.69) is 0 Å². The second-order valence-corrected chi connectivity index (χ2v) is 3.41. The molecule has 2 heterocycles. The minimum absolute atomic E-state index is 0.0873. The van der Waals surface area contributed by atoms with Crippen LogP contribution in [0, 0.1) is 5.41 Å². The predicted molar refractivity (Wildman–Crippen MR) is 40.1 cm³/mol. The molecule has 1 spiro atoms. The Morgan fingerprint density at radius 2 is 2.36 bits per heavy atom. The summed E-state index contributed by atoms with van der Waals surface area (Å²) in [7, 11) is 0.